The predicted octanol–water partition coefficient (Wildman–Crippen LogP) is 3.35. The molecule has 0 unspecified atom stereocenters. The van der Waals surface area contributed by atoms with E-state index in [0.29, 0.717) is 12.2 Å². The van der Waals surface area contributed by atoms with Crippen LogP contribution in [0.1, 0.15) is 32.3 Å². The summed E-state index contributed by atoms with van der Waals surface area (Å²) in [5.74, 6) is -0.372. The molecule has 2 aromatic rings. The maximum absolute atomic E-state index is 13.0. The third-order valence-corrected chi connectivity index (χ3v) is 3.91. The highest BCUT2D eigenvalue weighted by Crippen LogP contribution is 2.33. The number of amides is 1. The monoisotopic (exact) mass is 369 g/mol. The van der Waals surface area contributed by atoms with E-state index in [2.05, 4.69) is 22.3 Å². The Kier molecular flexibility index (Phi) is 6.73. The van der Waals surface area contributed by atoms with Crippen LogP contribution in [0.5, 0.6) is 0 Å². The summed E-state index contributed by atoms with van der Waals surface area (Å²) < 4.78 is 40.4. The van der Waals surface area contributed by atoms with Crippen molar-refractivity contribution in [3.05, 3.63) is 36.4 Å². The van der Waals surface area contributed by atoms with Crippen molar-refractivity contribution in [1.29, 1.82) is 0 Å². The van der Waals surface area contributed by atoms with E-state index in [1.807, 2.05) is 11.8 Å². The van der Waals surface area contributed by atoms with Gasteiger partial charge in [-0.3, -0.25) is 9.69 Å². The molecule has 0 bridgehead atoms. The molecule has 1 amide bonds. The Morgan fingerprint density at radius 2 is 2.08 bits per heavy atom. The van der Waals surface area contributed by atoms with Crippen molar-refractivity contribution in [2.24, 2.45) is 0 Å². The van der Waals surface area contributed by atoms with Crippen molar-refractivity contribution >= 4 is 11.6 Å². The minimum atomic E-state index is -4.50. The maximum Gasteiger partial charge on any atom is 0.416 e. The molecular weight excluding hydrogens is 347 g/mol. The Morgan fingerprint density at radius 1 is 1.31 bits per heavy atom. The molecule has 0 fully saturated rings. The SMILES string of the molecule is CCCCN(CC)CC(=O)Nc1cc(C(F)(F)F)ccc1-n1cncn1. The Labute approximate surface area is 150 Å². The Balaban J connectivity index is 2.23. The van der Waals surface area contributed by atoms with Crippen molar-refractivity contribution in [3.63, 3.8) is 0 Å². The second-order valence-corrected chi connectivity index (χ2v) is 5.84. The molecule has 1 heterocycles. The van der Waals surface area contributed by atoms with Crippen LogP contribution in [0.25, 0.3) is 5.69 Å². The first-order chi connectivity index (χ1) is 12.3. The second kappa shape index (κ2) is 8.79. The van der Waals surface area contributed by atoms with E-state index in [1.165, 1.54) is 23.4 Å². The number of carbonyl (C=O) groups excluding carboxylic acids is 1. The Bertz CT molecular complexity index is 716. The van der Waals surface area contributed by atoms with Crippen LogP contribution in [0.4, 0.5) is 18.9 Å². The minimum absolute atomic E-state index is 0.0434. The number of rotatable bonds is 8. The van der Waals surface area contributed by atoms with Crippen molar-refractivity contribution in [1.82, 2.24) is 19.7 Å². The number of alkyl halides is 3. The quantitative estimate of drug-likeness (QED) is 0.775. The Hall–Kier alpha value is -2.42. The van der Waals surface area contributed by atoms with Crippen LogP contribution in [0.2, 0.25) is 0 Å². The number of aromatic nitrogens is 3. The normalized spacial score (nSPS) is 11.8. The van der Waals surface area contributed by atoms with Crippen LogP contribution in [-0.4, -0.2) is 45.2 Å². The van der Waals surface area contributed by atoms with E-state index >= 15 is 0 Å². The number of hydrogen-bond acceptors (Lipinski definition) is 4. The van der Waals surface area contributed by atoms with Crippen LogP contribution in [0, 0.1) is 0 Å². The van der Waals surface area contributed by atoms with Crippen LogP contribution in [0.15, 0.2) is 30.9 Å². The van der Waals surface area contributed by atoms with Gasteiger partial charge in [-0.25, -0.2) is 9.67 Å². The number of benzene rings is 1. The standard InChI is InChI=1S/C17H22F3N5O/c1-3-5-8-24(4-2)10-16(26)23-14-9-13(17(18,19)20)6-7-15(14)25-12-21-11-22-25/h6-7,9,11-12H,3-5,8,10H2,1-2H3,(H,23,26). The van der Waals surface area contributed by atoms with E-state index in [4.69, 9.17) is 0 Å². The fourth-order valence-electron chi connectivity index (χ4n) is 2.47. The van der Waals surface area contributed by atoms with Gasteiger partial charge in [0.15, 0.2) is 0 Å². The highest BCUT2D eigenvalue weighted by atomic mass is 19.4. The van der Waals surface area contributed by atoms with Crippen LogP contribution < -0.4 is 5.32 Å². The topological polar surface area (TPSA) is 63.1 Å². The largest absolute Gasteiger partial charge is 0.416 e. The summed E-state index contributed by atoms with van der Waals surface area (Å²) in [6, 6.07) is 3.13. The minimum Gasteiger partial charge on any atom is -0.323 e. The van der Waals surface area contributed by atoms with Crippen LogP contribution in [0.3, 0.4) is 0 Å². The van der Waals surface area contributed by atoms with Gasteiger partial charge in [0, 0.05) is 0 Å². The molecule has 0 aliphatic rings. The first kappa shape index (κ1) is 19.9. The fourth-order valence-corrected chi connectivity index (χ4v) is 2.47. The lowest BCUT2D eigenvalue weighted by Gasteiger charge is -2.20. The van der Waals surface area contributed by atoms with Crippen molar-refractivity contribution < 1.29 is 18.0 Å². The number of hydrogen-bond donors (Lipinski definition) is 1. The van der Waals surface area contributed by atoms with Gasteiger partial charge in [-0.15, -0.1) is 0 Å². The van der Waals surface area contributed by atoms with Crippen molar-refractivity contribution in [2.75, 3.05) is 25.0 Å². The zero-order chi connectivity index (χ0) is 19.2. The third kappa shape index (κ3) is 5.29. The number of nitrogens with zero attached hydrogens (tertiary/aromatic N) is 4. The molecule has 0 spiro atoms. The fraction of sp³-hybridized carbons (Fsp3) is 0.471. The number of likely N-dealkylation sites (N-methyl/N-ethyl adjacent to an activating group) is 1. The lowest BCUT2D eigenvalue weighted by molar-refractivity contribution is -0.137. The molecule has 1 N–H and O–H groups in total. The molecule has 0 saturated carbocycles. The van der Waals surface area contributed by atoms with Gasteiger partial charge in [0.1, 0.15) is 12.7 Å². The summed E-state index contributed by atoms with van der Waals surface area (Å²) in [4.78, 5) is 18.1. The molecule has 1 aromatic carbocycles. The van der Waals surface area contributed by atoms with Gasteiger partial charge in [0.25, 0.3) is 0 Å². The van der Waals surface area contributed by atoms with Crippen molar-refractivity contribution in [2.45, 2.75) is 32.9 Å². The van der Waals surface area contributed by atoms with E-state index in [0.717, 1.165) is 31.5 Å². The first-order valence-corrected chi connectivity index (χ1v) is 8.43. The molecular formula is C17H22F3N5O. The van der Waals surface area contributed by atoms with Gasteiger partial charge in [-0.05, 0) is 37.7 Å². The summed E-state index contributed by atoms with van der Waals surface area (Å²) in [5, 5.41) is 6.51. The smallest absolute Gasteiger partial charge is 0.323 e. The molecule has 6 nitrogen and oxygen atoms in total. The molecule has 1 aromatic heterocycles. The van der Waals surface area contributed by atoms with E-state index in [9.17, 15) is 18.0 Å². The highest BCUT2D eigenvalue weighted by Gasteiger charge is 2.31. The Morgan fingerprint density at radius 3 is 2.65 bits per heavy atom. The second-order valence-electron chi connectivity index (χ2n) is 5.84. The predicted molar refractivity (Wildman–Crippen MR) is 92.0 cm³/mol. The summed E-state index contributed by atoms with van der Waals surface area (Å²) in [6.45, 7) is 5.56. The van der Waals surface area contributed by atoms with Gasteiger partial charge in [-0.1, -0.05) is 20.3 Å². The maximum atomic E-state index is 13.0. The molecule has 0 aliphatic heterocycles. The zero-order valence-corrected chi connectivity index (χ0v) is 14.8. The molecule has 142 valence electrons. The van der Waals surface area contributed by atoms with Gasteiger partial charge in [0.05, 0.1) is 23.5 Å². The molecule has 0 radical (unpaired) electrons. The molecule has 0 saturated heterocycles. The molecule has 9 heteroatoms. The lowest BCUT2D eigenvalue weighted by atomic mass is 10.1. The van der Waals surface area contributed by atoms with E-state index in [1.54, 1.807) is 0 Å². The van der Waals surface area contributed by atoms with Gasteiger partial charge in [0.2, 0.25) is 5.91 Å². The van der Waals surface area contributed by atoms with Gasteiger partial charge >= 0.3 is 6.18 Å². The summed E-state index contributed by atoms with van der Waals surface area (Å²) in [5.41, 5.74) is -0.475. The molecule has 0 atom stereocenters. The van der Waals surface area contributed by atoms with Crippen LogP contribution in [-0.2, 0) is 11.0 Å². The first-order valence-electron chi connectivity index (χ1n) is 8.43. The van der Waals surface area contributed by atoms with E-state index < -0.39 is 11.7 Å². The molecule has 26 heavy (non-hydrogen) atoms. The number of anilines is 1. The third-order valence-electron chi connectivity index (χ3n) is 3.91. The summed E-state index contributed by atoms with van der Waals surface area (Å²) in [7, 11) is 0. The van der Waals surface area contributed by atoms with Gasteiger partial charge in [-0.2, -0.15) is 18.3 Å². The van der Waals surface area contributed by atoms with Gasteiger partial charge < -0.3 is 5.32 Å². The van der Waals surface area contributed by atoms with Crippen LogP contribution >= 0.6 is 0 Å². The number of halogens is 3. The number of unbranched alkanes of at least 4 members (excludes halogenated alkanes) is 1. The number of nitrogens with one attached hydrogen (secondary N) is 1. The average Bonchev–Trinajstić information content (AvgIpc) is 3.12. The lowest BCUT2D eigenvalue weighted by Crippen LogP contribution is -2.34. The average molecular weight is 369 g/mol. The summed E-state index contributed by atoms with van der Waals surface area (Å²) in [6.07, 6.45) is 0.0821. The highest BCUT2D eigenvalue weighted by molar-refractivity contribution is 5.94. The molecule has 2 rings (SSSR count). The van der Waals surface area contributed by atoms with E-state index in [-0.39, 0.29) is 18.1 Å². The zero-order valence-electron chi connectivity index (χ0n) is 14.8. The van der Waals surface area contributed by atoms with Crippen molar-refractivity contribution in [3.8, 4) is 5.69 Å². The number of carbonyl (C=O) groups is 1. The molecule has 0 aliphatic carbocycles. The summed E-state index contributed by atoms with van der Waals surface area (Å²) >= 11 is 0.